The van der Waals surface area contributed by atoms with Gasteiger partial charge in [0, 0.05) is 17.9 Å². The molecular formula is C17H19BrFN3O3S2. The van der Waals surface area contributed by atoms with Gasteiger partial charge in [-0.1, -0.05) is 0 Å². The first-order chi connectivity index (χ1) is 12.7. The van der Waals surface area contributed by atoms with E-state index in [0.717, 1.165) is 11.7 Å². The van der Waals surface area contributed by atoms with Crippen molar-refractivity contribution in [3.8, 4) is 0 Å². The molecule has 0 fully saturated rings. The number of thioether (sulfide) groups is 1. The molecule has 0 aliphatic rings. The highest BCUT2D eigenvalue weighted by molar-refractivity contribution is 9.10. The van der Waals surface area contributed by atoms with Crippen molar-refractivity contribution >= 4 is 57.0 Å². The van der Waals surface area contributed by atoms with Gasteiger partial charge in [-0.3, -0.25) is 9.59 Å². The Hall–Kier alpha value is -1.52. The van der Waals surface area contributed by atoms with Crippen molar-refractivity contribution in [2.24, 2.45) is 0 Å². The van der Waals surface area contributed by atoms with E-state index in [1.807, 2.05) is 20.8 Å². The lowest BCUT2D eigenvalue weighted by Crippen LogP contribution is -2.23. The number of carbonyl (C=O) groups is 2. The van der Waals surface area contributed by atoms with Crippen LogP contribution in [0.5, 0.6) is 0 Å². The summed E-state index contributed by atoms with van der Waals surface area (Å²) in [5, 5.41) is 3.17. The summed E-state index contributed by atoms with van der Waals surface area (Å²) in [5.41, 5.74) is 0.161. The van der Waals surface area contributed by atoms with E-state index in [-0.39, 0.29) is 16.1 Å². The van der Waals surface area contributed by atoms with Crippen LogP contribution in [0.15, 0.2) is 27.7 Å². The fraction of sp³-hybridized carbons (Fsp3) is 0.412. The lowest BCUT2D eigenvalue weighted by molar-refractivity contribution is -0.154. The van der Waals surface area contributed by atoms with Gasteiger partial charge >= 0.3 is 5.97 Å². The van der Waals surface area contributed by atoms with Gasteiger partial charge in [0.05, 0.1) is 16.2 Å². The number of ether oxygens (including phenoxy) is 1. The number of benzene rings is 1. The van der Waals surface area contributed by atoms with Crippen molar-refractivity contribution in [3.05, 3.63) is 34.2 Å². The Morgan fingerprint density at radius 3 is 2.74 bits per heavy atom. The third kappa shape index (κ3) is 7.19. The van der Waals surface area contributed by atoms with Crippen molar-refractivity contribution in [1.29, 1.82) is 0 Å². The molecule has 2 rings (SSSR count). The highest BCUT2D eigenvalue weighted by atomic mass is 79.9. The molecule has 10 heteroatoms. The Morgan fingerprint density at radius 2 is 2.07 bits per heavy atom. The second-order valence-electron chi connectivity index (χ2n) is 6.54. The van der Waals surface area contributed by atoms with E-state index < -0.39 is 17.3 Å². The third-order valence-corrected chi connectivity index (χ3v) is 5.34. The molecule has 27 heavy (non-hydrogen) atoms. The van der Waals surface area contributed by atoms with Crippen LogP contribution in [0.4, 0.5) is 10.1 Å². The van der Waals surface area contributed by atoms with E-state index in [0.29, 0.717) is 29.3 Å². The second-order valence-corrected chi connectivity index (χ2v) is 9.01. The summed E-state index contributed by atoms with van der Waals surface area (Å²) in [6.45, 7) is 5.47. The molecule has 0 spiro atoms. The van der Waals surface area contributed by atoms with Gasteiger partial charge in [-0.2, -0.15) is 8.75 Å². The minimum Gasteiger partial charge on any atom is -0.460 e. The molecule has 1 aromatic carbocycles. The molecule has 0 unspecified atom stereocenters. The van der Waals surface area contributed by atoms with Crippen molar-refractivity contribution in [3.63, 3.8) is 0 Å². The minimum absolute atomic E-state index is 0.211. The van der Waals surface area contributed by atoms with E-state index in [4.69, 9.17) is 4.74 Å². The zero-order chi connectivity index (χ0) is 20.0. The molecule has 0 radical (unpaired) electrons. The molecule has 1 heterocycles. The van der Waals surface area contributed by atoms with Crippen LogP contribution in [0.2, 0.25) is 0 Å². The van der Waals surface area contributed by atoms with Crippen molar-refractivity contribution < 1.29 is 18.7 Å². The number of anilines is 1. The van der Waals surface area contributed by atoms with Crippen LogP contribution in [0.25, 0.3) is 0 Å². The van der Waals surface area contributed by atoms with Gasteiger partial charge in [0.2, 0.25) is 0 Å². The van der Waals surface area contributed by atoms with Gasteiger partial charge in [-0.25, -0.2) is 4.39 Å². The van der Waals surface area contributed by atoms with Crippen LogP contribution in [-0.4, -0.2) is 32.0 Å². The fourth-order valence-corrected chi connectivity index (χ4v) is 3.91. The average molecular weight is 476 g/mol. The van der Waals surface area contributed by atoms with E-state index in [1.54, 1.807) is 0 Å². The molecule has 0 aliphatic carbocycles. The first-order valence-corrected chi connectivity index (χ1v) is 10.6. The van der Waals surface area contributed by atoms with Crippen LogP contribution >= 0.6 is 39.4 Å². The normalized spacial score (nSPS) is 11.3. The Bertz CT molecular complexity index is 824. The molecule has 0 aliphatic heterocycles. The standard InChI is InChI=1S/C17H19BrFN3O3S2/c1-17(2,3)25-13(23)5-4-8-26-16-14(21-27-22-16)15(24)20-10-6-7-12(19)11(18)9-10/h6-7,9H,4-5,8H2,1-3H3,(H,20,24). The van der Waals surface area contributed by atoms with Crippen LogP contribution in [-0.2, 0) is 9.53 Å². The number of aromatic nitrogens is 2. The topological polar surface area (TPSA) is 81.2 Å². The van der Waals surface area contributed by atoms with Crippen molar-refractivity contribution in [2.45, 2.75) is 44.2 Å². The quantitative estimate of drug-likeness (QED) is 0.348. The Labute approximate surface area is 173 Å². The molecule has 1 amide bonds. The molecule has 0 atom stereocenters. The van der Waals surface area contributed by atoms with E-state index in [1.165, 1.54) is 30.0 Å². The summed E-state index contributed by atoms with van der Waals surface area (Å²) in [5.74, 6) is -0.478. The summed E-state index contributed by atoms with van der Waals surface area (Å²) in [6, 6.07) is 4.19. The summed E-state index contributed by atoms with van der Waals surface area (Å²) in [6.07, 6.45) is 0.899. The van der Waals surface area contributed by atoms with Crippen molar-refractivity contribution in [2.75, 3.05) is 11.1 Å². The van der Waals surface area contributed by atoms with E-state index in [9.17, 15) is 14.0 Å². The predicted octanol–water partition coefficient (Wildman–Crippen LogP) is 4.91. The zero-order valence-electron chi connectivity index (χ0n) is 15.0. The SMILES string of the molecule is CC(C)(C)OC(=O)CCCSc1nsnc1C(=O)Nc1ccc(F)c(Br)c1. The average Bonchev–Trinajstić information content (AvgIpc) is 3.02. The lowest BCUT2D eigenvalue weighted by Gasteiger charge is -2.19. The maximum Gasteiger partial charge on any atom is 0.306 e. The number of nitrogens with zero attached hydrogens (tertiary/aromatic N) is 2. The summed E-state index contributed by atoms with van der Waals surface area (Å²) < 4.78 is 27.0. The smallest absolute Gasteiger partial charge is 0.306 e. The lowest BCUT2D eigenvalue weighted by atomic mass is 10.2. The molecular weight excluding hydrogens is 457 g/mol. The summed E-state index contributed by atoms with van der Waals surface area (Å²) in [4.78, 5) is 24.1. The maximum atomic E-state index is 13.3. The number of esters is 1. The summed E-state index contributed by atoms with van der Waals surface area (Å²) >= 11 is 5.37. The minimum atomic E-state index is -0.496. The van der Waals surface area contributed by atoms with Gasteiger partial charge in [0.1, 0.15) is 16.4 Å². The molecule has 0 bridgehead atoms. The first-order valence-electron chi connectivity index (χ1n) is 8.09. The first kappa shape index (κ1) is 21.8. The Kier molecular flexibility index (Phi) is 7.75. The largest absolute Gasteiger partial charge is 0.460 e. The van der Waals surface area contributed by atoms with Gasteiger partial charge < -0.3 is 10.1 Å². The molecule has 1 aromatic heterocycles. The van der Waals surface area contributed by atoms with Gasteiger partial charge in [-0.05, 0) is 61.3 Å². The molecule has 0 saturated heterocycles. The number of hydrogen-bond acceptors (Lipinski definition) is 7. The molecule has 0 saturated carbocycles. The third-order valence-electron chi connectivity index (χ3n) is 3.04. The Morgan fingerprint density at radius 1 is 1.33 bits per heavy atom. The number of nitrogens with one attached hydrogen (secondary N) is 1. The predicted molar refractivity (Wildman–Crippen MR) is 108 cm³/mol. The van der Waals surface area contributed by atoms with Crippen molar-refractivity contribution in [1.82, 2.24) is 8.75 Å². The van der Waals surface area contributed by atoms with Crippen LogP contribution in [0.3, 0.4) is 0 Å². The van der Waals surface area contributed by atoms with Crippen LogP contribution in [0.1, 0.15) is 44.1 Å². The highest BCUT2D eigenvalue weighted by Crippen LogP contribution is 2.24. The molecule has 1 N–H and O–H groups in total. The molecule has 2 aromatic rings. The molecule has 146 valence electrons. The summed E-state index contributed by atoms with van der Waals surface area (Å²) in [7, 11) is 0. The van der Waals surface area contributed by atoms with E-state index >= 15 is 0 Å². The number of rotatable bonds is 7. The fourth-order valence-electron chi connectivity index (χ4n) is 1.96. The van der Waals surface area contributed by atoms with Crippen LogP contribution in [0, 0.1) is 5.82 Å². The zero-order valence-corrected chi connectivity index (χ0v) is 18.3. The Balaban J connectivity index is 1.86. The van der Waals surface area contributed by atoms with Crippen LogP contribution < -0.4 is 5.32 Å². The van der Waals surface area contributed by atoms with E-state index in [2.05, 4.69) is 30.0 Å². The van der Waals surface area contributed by atoms with Gasteiger partial charge in [-0.15, -0.1) is 11.8 Å². The van der Waals surface area contributed by atoms with Gasteiger partial charge in [0.15, 0.2) is 5.69 Å². The number of halogens is 2. The second kappa shape index (κ2) is 9.61. The monoisotopic (exact) mass is 475 g/mol. The number of carbonyl (C=O) groups excluding carboxylic acids is 2. The molecule has 6 nitrogen and oxygen atoms in total. The number of amides is 1. The highest BCUT2D eigenvalue weighted by Gasteiger charge is 2.19. The maximum absolute atomic E-state index is 13.3. The van der Waals surface area contributed by atoms with Gasteiger partial charge in [0.25, 0.3) is 5.91 Å². The number of hydrogen-bond donors (Lipinski definition) is 1.